The average Bonchev–Trinajstić information content (AvgIpc) is 3.87. The topological polar surface area (TPSA) is 3.24 Å². The molecule has 2 heteroatoms. The van der Waals surface area contributed by atoms with E-state index >= 15 is 0 Å². The van der Waals surface area contributed by atoms with E-state index in [0.29, 0.717) is 0 Å². The Morgan fingerprint density at radius 3 is 1.73 bits per heavy atom. The minimum atomic E-state index is -0.0701. The first-order chi connectivity index (χ1) is 34.2. The molecule has 0 saturated carbocycles. The van der Waals surface area contributed by atoms with Crippen LogP contribution in [0.3, 0.4) is 0 Å². The van der Waals surface area contributed by atoms with Crippen molar-refractivity contribution >= 4 is 59.3 Å². The number of anilines is 3. The van der Waals surface area contributed by atoms with E-state index in [1.165, 1.54) is 109 Å². The largest absolute Gasteiger partial charge is 0.310 e. The Hall–Kier alpha value is -7.52. The number of hydrogen-bond acceptors (Lipinski definition) is 2. The Balaban J connectivity index is 1.04. The predicted octanol–water partition coefficient (Wildman–Crippen LogP) is 20.2. The Kier molecular flexibility index (Phi) is 10.6. The molecule has 10 aromatic carbocycles. The maximum atomic E-state index is 2.48. The number of thiophene rings is 1. The Labute approximate surface area is 423 Å². The summed E-state index contributed by atoms with van der Waals surface area (Å²) in [6, 6.07) is 80.0. The second-order valence-corrected chi connectivity index (χ2v) is 23.2. The zero-order valence-electron chi connectivity index (χ0n) is 42.1. The Morgan fingerprint density at radius 2 is 0.972 bits per heavy atom. The van der Waals surface area contributed by atoms with Gasteiger partial charge in [-0.2, -0.15) is 0 Å². The van der Waals surface area contributed by atoms with E-state index in [9.17, 15) is 0 Å². The van der Waals surface area contributed by atoms with Gasteiger partial charge in [-0.05, 0) is 136 Å². The fraction of sp³-hybridized carbons (Fsp3) is 0.159. The molecule has 0 aliphatic heterocycles. The van der Waals surface area contributed by atoms with Gasteiger partial charge in [0.05, 0.1) is 5.69 Å². The second-order valence-electron chi connectivity index (χ2n) is 22.2. The Bertz CT molecular complexity index is 3830. The summed E-state index contributed by atoms with van der Waals surface area (Å²) in [5.74, 6) is 0. The zero-order chi connectivity index (χ0) is 48.8. The molecule has 1 nitrogen and oxygen atoms in total. The molecule has 1 aliphatic carbocycles. The van der Waals surface area contributed by atoms with Gasteiger partial charge in [0, 0.05) is 42.5 Å². The molecule has 0 N–H and O–H groups in total. The van der Waals surface area contributed by atoms with E-state index in [0.717, 1.165) is 17.1 Å². The molecule has 71 heavy (non-hydrogen) atoms. The van der Waals surface area contributed by atoms with Gasteiger partial charge in [0.2, 0.25) is 0 Å². The minimum absolute atomic E-state index is 0.00784. The third-order valence-corrected chi connectivity index (χ3v) is 16.4. The summed E-state index contributed by atoms with van der Waals surface area (Å²) in [5, 5.41) is 5.10. The third-order valence-electron chi connectivity index (χ3n) is 15.2. The maximum Gasteiger partial charge on any atom is 0.0540 e. The van der Waals surface area contributed by atoms with Crippen molar-refractivity contribution in [2.75, 3.05) is 4.90 Å². The fourth-order valence-electron chi connectivity index (χ4n) is 11.3. The molecule has 0 amide bonds. The van der Waals surface area contributed by atoms with E-state index in [1.807, 2.05) is 11.3 Å². The van der Waals surface area contributed by atoms with Gasteiger partial charge in [-0.3, -0.25) is 0 Å². The molecule has 0 radical (unpaired) electrons. The third kappa shape index (κ3) is 7.68. The normalized spacial score (nSPS) is 13.2. The van der Waals surface area contributed by atoms with Crippen LogP contribution in [0.1, 0.15) is 77.6 Å². The van der Waals surface area contributed by atoms with Crippen LogP contribution in [-0.4, -0.2) is 0 Å². The van der Waals surface area contributed by atoms with Gasteiger partial charge in [0.15, 0.2) is 0 Å². The lowest BCUT2D eigenvalue weighted by molar-refractivity contribution is 0.569. The summed E-state index contributed by atoms with van der Waals surface area (Å²) in [6.45, 7) is 18.7. The highest BCUT2D eigenvalue weighted by Gasteiger charge is 2.35. The number of fused-ring (bicyclic) bond motifs is 7. The molecule has 0 saturated heterocycles. The number of para-hydroxylation sites is 1. The monoisotopic (exact) mass is 933 g/mol. The van der Waals surface area contributed by atoms with Crippen molar-refractivity contribution in [2.45, 2.75) is 71.6 Å². The van der Waals surface area contributed by atoms with Gasteiger partial charge in [-0.25, -0.2) is 0 Å². The van der Waals surface area contributed by atoms with E-state index in [2.05, 4.69) is 273 Å². The molecule has 0 spiro atoms. The Morgan fingerprint density at radius 1 is 0.380 bits per heavy atom. The SMILES string of the molecule is CC(C)(C)c1cc(-c2cccc3cccc(-c4ccccc4N(c4ccc(-c5ccc6c(c5)C(C)(C)c5ccccc5-6)cc4)c4cccc(-c5cccc6c5sc5ccccc56)c4)c23)cc(C(C)(C)C)c1. The van der Waals surface area contributed by atoms with Crippen LogP contribution in [0.4, 0.5) is 17.1 Å². The summed E-state index contributed by atoms with van der Waals surface area (Å²) >= 11 is 1.88. The molecule has 0 atom stereocenters. The summed E-state index contributed by atoms with van der Waals surface area (Å²) in [6.07, 6.45) is 0. The number of nitrogens with zero attached hydrogens (tertiary/aromatic N) is 1. The van der Waals surface area contributed by atoms with Crippen molar-refractivity contribution < 1.29 is 0 Å². The van der Waals surface area contributed by atoms with Crippen LogP contribution in [0.5, 0.6) is 0 Å². The summed E-state index contributed by atoms with van der Waals surface area (Å²) in [7, 11) is 0. The highest BCUT2D eigenvalue weighted by molar-refractivity contribution is 7.26. The highest BCUT2D eigenvalue weighted by atomic mass is 32.1. The molecule has 0 unspecified atom stereocenters. The molecule has 0 fully saturated rings. The first kappa shape index (κ1) is 44.7. The molecule has 1 aliphatic rings. The lowest BCUT2D eigenvalue weighted by Gasteiger charge is -2.29. The van der Waals surface area contributed by atoms with Crippen molar-refractivity contribution in [2.24, 2.45) is 0 Å². The van der Waals surface area contributed by atoms with Crippen LogP contribution in [0, 0.1) is 0 Å². The van der Waals surface area contributed by atoms with Gasteiger partial charge in [-0.1, -0.05) is 225 Å². The van der Waals surface area contributed by atoms with Crippen LogP contribution < -0.4 is 4.90 Å². The predicted molar refractivity (Wildman–Crippen MR) is 308 cm³/mol. The van der Waals surface area contributed by atoms with E-state index in [1.54, 1.807) is 0 Å². The fourth-order valence-corrected chi connectivity index (χ4v) is 12.5. The smallest absolute Gasteiger partial charge is 0.0540 e. The van der Waals surface area contributed by atoms with Gasteiger partial charge < -0.3 is 4.90 Å². The van der Waals surface area contributed by atoms with Gasteiger partial charge >= 0.3 is 0 Å². The first-order valence-electron chi connectivity index (χ1n) is 25.2. The van der Waals surface area contributed by atoms with Gasteiger partial charge in [-0.15, -0.1) is 11.3 Å². The minimum Gasteiger partial charge on any atom is -0.310 e. The molecule has 0 bridgehead atoms. The lowest BCUT2D eigenvalue weighted by atomic mass is 9.78. The molecular weight excluding hydrogens is 875 g/mol. The number of benzene rings is 10. The van der Waals surface area contributed by atoms with E-state index in [-0.39, 0.29) is 16.2 Å². The molecule has 11 aromatic rings. The zero-order valence-corrected chi connectivity index (χ0v) is 42.9. The van der Waals surface area contributed by atoms with Crippen LogP contribution >= 0.6 is 11.3 Å². The van der Waals surface area contributed by atoms with E-state index in [4.69, 9.17) is 0 Å². The van der Waals surface area contributed by atoms with E-state index < -0.39 is 0 Å². The lowest BCUT2D eigenvalue weighted by Crippen LogP contribution is -2.16. The summed E-state index contributed by atoms with van der Waals surface area (Å²) < 4.78 is 2.63. The van der Waals surface area contributed by atoms with Crippen LogP contribution in [-0.2, 0) is 16.2 Å². The van der Waals surface area contributed by atoms with Crippen molar-refractivity contribution in [3.63, 3.8) is 0 Å². The average molecular weight is 934 g/mol. The van der Waals surface area contributed by atoms with Crippen LogP contribution in [0.25, 0.3) is 86.6 Å². The maximum absolute atomic E-state index is 2.48. The number of hydrogen-bond donors (Lipinski definition) is 0. The molecule has 346 valence electrons. The molecule has 12 rings (SSSR count). The molecular formula is C69H59NS. The first-order valence-corrected chi connectivity index (χ1v) is 26.0. The summed E-state index contributed by atoms with van der Waals surface area (Å²) in [4.78, 5) is 2.48. The van der Waals surface area contributed by atoms with Crippen molar-refractivity contribution in [1.29, 1.82) is 0 Å². The van der Waals surface area contributed by atoms with Crippen molar-refractivity contribution in [3.05, 3.63) is 235 Å². The van der Waals surface area contributed by atoms with Crippen LogP contribution in [0.2, 0.25) is 0 Å². The second kappa shape index (κ2) is 16.8. The van der Waals surface area contributed by atoms with Crippen LogP contribution in [0.15, 0.2) is 212 Å². The standard InChI is InChI=1S/C69H59NS/c1-67(2,3)49-39-48(40-50(43-49)68(4,5)6)53-26-16-19-45-20-17-28-59(65(45)53)57-24-10-13-31-63(57)70(52-22-15-21-47(41-52)54-27-18-29-60-58-25-11-14-32-64(58)71-66(54)60)51-36-33-44(34-37-51)46-35-38-56-55-23-9-12-30-61(55)69(7,8)62(56)42-46/h9-43H,1-8H3. The summed E-state index contributed by atoms with van der Waals surface area (Å²) in [5.41, 5.74) is 21.2. The molecule has 1 aromatic heterocycles. The highest BCUT2D eigenvalue weighted by Crippen LogP contribution is 2.51. The van der Waals surface area contributed by atoms with Gasteiger partial charge in [0.25, 0.3) is 0 Å². The van der Waals surface area contributed by atoms with Gasteiger partial charge in [0.1, 0.15) is 0 Å². The number of rotatable bonds is 7. The van der Waals surface area contributed by atoms with Crippen molar-refractivity contribution in [3.8, 4) is 55.6 Å². The molecule has 1 heterocycles. The van der Waals surface area contributed by atoms with Crippen molar-refractivity contribution in [1.82, 2.24) is 0 Å². The quantitative estimate of drug-likeness (QED) is 0.154.